The smallest absolute Gasteiger partial charge is 0.408 e. The summed E-state index contributed by atoms with van der Waals surface area (Å²) in [5.74, 6) is -1.59. The lowest BCUT2D eigenvalue weighted by atomic mass is 10.3. The van der Waals surface area contributed by atoms with E-state index >= 15 is 0 Å². The summed E-state index contributed by atoms with van der Waals surface area (Å²) in [5, 5.41) is 2.61. The van der Waals surface area contributed by atoms with E-state index in [-0.39, 0.29) is 17.3 Å². The molecule has 7 heteroatoms. The number of nitrogens with zero attached hydrogens (tertiary/aromatic N) is 1. The molecule has 0 saturated carbocycles. The van der Waals surface area contributed by atoms with Crippen molar-refractivity contribution in [3.05, 3.63) is 63.9 Å². The van der Waals surface area contributed by atoms with Crippen LogP contribution in [0.3, 0.4) is 0 Å². The average molecular weight is 321 g/mol. The molecule has 1 N–H and O–H groups in total. The standard InChI is InChI=1S/C15H10ClFN2O3/c16-10-7-9(17)5-6-11(10)18-14(20)8-19-12-3-1-2-4-13(12)22-15(19)21/h1-7H,8H2,(H,18,20). The van der Waals surface area contributed by atoms with Crippen LogP contribution in [0.15, 0.2) is 51.7 Å². The van der Waals surface area contributed by atoms with Crippen molar-refractivity contribution < 1.29 is 13.6 Å². The fourth-order valence-electron chi connectivity index (χ4n) is 2.09. The molecule has 0 bridgehead atoms. The molecule has 0 atom stereocenters. The van der Waals surface area contributed by atoms with Crippen LogP contribution in [0.4, 0.5) is 10.1 Å². The maximum absolute atomic E-state index is 13.0. The van der Waals surface area contributed by atoms with E-state index in [0.29, 0.717) is 11.1 Å². The van der Waals surface area contributed by atoms with Crippen LogP contribution in [0.25, 0.3) is 11.1 Å². The molecule has 2 aromatic carbocycles. The Morgan fingerprint density at radius 2 is 2.05 bits per heavy atom. The number of oxazole rings is 1. The quantitative estimate of drug-likeness (QED) is 0.806. The summed E-state index contributed by atoms with van der Waals surface area (Å²) < 4.78 is 19.2. The number of para-hydroxylation sites is 2. The number of nitrogens with one attached hydrogen (secondary N) is 1. The predicted molar refractivity (Wildman–Crippen MR) is 80.5 cm³/mol. The van der Waals surface area contributed by atoms with Crippen LogP contribution >= 0.6 is 11.6 Å². The first-order chi connectivity index (χ1) is 10.5. The Labute approximate surface area is 128 Å². The van der Waals surface area contributed by atoms with Crippen molar-refractivity contribution in [2.75, 3.05) is 5.32 Å². The Morgan fingerprint density at radius 1 is 1.27 bits per heavy atom. The van der Waals surface area contributed by atoms with Crippen molar-refractivity contribution in [3.63, 3.8) is 0 Å². The lowest BCUT2D eigenvalue weighted by Crippen LogP contribution is -2.24. The van der Waals surface area contributed by atoms with E-state index in [0.717, 1.165) is 6.07 Å². The number of carbonyl (C=O) groups excluding carboxylic acids is 1. The van der Waals surface area contributed by atoms with Crippen LogP contribution < -0.4 is 11.1 Å². The van der Waals surface area contributed by atoms with Gasteiger partial charge in [0.1, 0.15) is 12.4 Å². The third-order valence-electron chi connectivity index (χ3n) is 3.08. The maximum atomic E-state index is 13.0. The zero-order valence-electron chi connectivity index (χ0n) is 11.2. The Kier molecular flexibility index (Phi) is 3.68. The number of hydrogen-bond acceptors (Lipinski definition) is 3. The van der Waals surface area contributed by atoms with Crippen LogP contribution in [-0.4, -0.2) is 10.5 Å². The lowest BCUT2D eigenvalue weighted by Gasteiger charge is -2.07. The van der Waals surface area contributed by atoms with Gasteiger partial charge in [0, 0.05) is 0 Å². The number of anilines is 1. The normalized spacial score (nSPS) is 10.8. The topological polar surface area (TPSA) is 64.2 Å². The van der Waals surface area contributed by atoms with Crippen molar-refractivity contribution in [2.24, 2.45) is 0 Å². The molecule has 0 aliphatic carbocycles. The highest BCUT2D eigenvalue weighted by Crippen LogP contribution is 2.22. The number of fused-ring (bicyclic) bond motifs is 1. The summed E-state index contributed by atoms with van der Waals surface area (Å²) in [7, 11) is 0. The van der Waals surface area contributed by atoms with Gasteiger partial charge in [0.05, 0.1) is 16.2 Å². The Bertz CT molecular complexity index is 917. The molecule has 3 rings (SSSR count). The summed E-state index contributed by atoms with van der Waals surface area (Å²) in [6.07, 6.45) is 0. The van der Waals surface area contributed by atoms with Crippen molar-refractivity contribution in [3.8, 4) is 0 Å². The van der Waals surface area contributed by atoms with Crippen molar-refractivity contribution in [2.45, 2.75) is 6.54 Å². The summed E-state index contributed by atoms with van der Waals surface area (Å²) in [4.78, 5) is 23.8. The summed E-state index contributed by atoms with van der Waals surface area (Å²) in [5.41, 5.74) is 1.20. The van der Waals surface area contributed by atoms with Gasteiger partial charge >= 0.3 is 5.76 Å². The van der Waals surface area contributed by atoms with Gasteiger partial charge in [-0.25, -0.2) is 9.18 Å². The molecule has 1 aromatic heterocycles. The van der Waals surface area contributed by atoms with E-state index in [1.165, 1.54) is 16.7 Å². The number of halogens is 2. The highest BCUT2D eigenvalue weighted by Gasteiger charge is 2.13. The first-order valence-corrected chi connectivity index (χ1v) is 6.75. The van der Waals surface area contributed by atoms with Crippen LogP contribution in [0.1, 0.15) is 0 Å². The minimum absolute atomic E-state index is 0.0812. The van der Waals surface area contributed by atoms with Gasteiger partial charge in [0.15, 0.2) is 5.58 Å². The van der Waals surface area contributed by atoms with Crippen LogP contribution in [-0.2, 0) is 11.3 Å². The van der Waals surface area contributed by atoms with E-state index in [1.54, 1.807) is 24.3 Å². The molecule has 0 aliphatic heterocycles. The molecule has 1 heterocycles. The van der Waals surface area contributed by atoms with Gasteiger partial charge < -0.3 is 9.73 Å². The average Bonchev–Trinajstić information content (AvgIpc) is 2.78. The van der Waals surface area contributed by atoms with E-state index < -0.39 is 17.5 Å². The number of carbonyl (C=O) groups is 1. The summed E-state index contributed by atoms with van der Waals surface area (Å²) >= 11 is 5.84. The van der Waals surface area contributed by atoms with Gasteiger partial charge in [-0.1, -0.05) is 23.7 Å². The molecular weight excluding hydrogens is 311 g/mol. The number of amides is 1. The molecule has 1 amide bonds. The van der Waals surface area contributed by atoms with Crippen molar-refractivity contribution in [1.82, 2.24) is 4.57 Å². The van der Waals surface area contributed by atoms with E-state index in [9.17, 15) is 14.0 Å². The van der Waals surface area contributed by atoms with Crippen molar-refractivity contribution in [1.29, 1.82) is 0 Å². The van der Waals surface area contributed by atoms with Crippen molar-refractivity contribution >= 4 is 34.3 Å². The molecule has 0 spiro atoms. The molecule has 3 aromatic rings. The maximum Gasteiger partial charge on any atom is 0.420 e. The first kappa shape index (κ1) is 14.3. The second kappa shape index (κ2) is 5.65. The molecular formula is C15H10ClFN2O3. The van der Waals surface area contributed by atoms with Gasteiger partial charge in [-0.2, -0.15) is 0 Å². The SMILES string of the molecule is O=C(Cn1c(=O)oc2ccccc21)Nc1ccc(F)cc1Cl. The summed E-state index contributed by atoms with van der Waals surface area (Å²) in [6, 6.07) is 10.4. The zero-order valence-corrected chi connectivity index (χ0v) is 11.9. The molecule has 5 nitrogen and oxygen atoms in total. The summed E-state index contributed by atoms with van der Waals surface area (Å²) in [6.45, 7) is -0.233. The third kappa shape index (κ3) is 2.73. The highest BCUT2D eigenvalue weighted by molar-refractivity contribution is 6.33. The van der Waals surface area contributed by atoms with E-state index in [2.05, 4.69) is 5.32 Å². The first-order valence-electron chi connectivity index (χ1n) is 6.38. The monoisotopic (exact) mass is 320 g/mol. The molecule has 0 unspecified atom stereocenters. The minimum atomic E-state index is -0.624. The zero-order chi connectivity index (χ0) is 15.7. The minimum Gasteiger partial charge on any atom is -0.408 e. The fourth-order valence-corrected chi connectivity index (χ4v) is 2.30. The number of hydrogen-bond donors (Lipinski definition) is 1. The van der Waals surface area contributed by atoms with Gasteiger partial charge in [0.25, 0.3) is 0 Å². The molecule has 0 fully saturated rings. The largest absolute Gasteiger partial charge is 0.420 e. The van der Waals surface area contributed by atoms with Crippen LogP contribution in [0.5, 0.6) is 0 Å². The molecule has 0 aliphatic rings. The van der Waals surface area contributed by atoms with Gasteiger partial charge in [-0.15, -0.1) is 0 Å². The molecule has 0 saturated heterocycles. The Morgan fingerprint density at radius 3 is 2.82 bits per heavy atom. The predicted octanol–water partition coefficient (Wildman–Crippen LogP) is 3.03. The molecule has 22 heavy (non-hydrogen) atoms. The van der Waals surface area contributed by atoms with Gasteiger partial charge in [-0.05, 0) is 30.3 Å². The van der Waals surface area contributed by atoms with Gasteiger partial charge in [-0.3, -0.25) is 9.36 Å². The second-order valence-corrected chi connectivity index (χ2v) is 5.00. The Hall–Kier alpha value is -2.60. The number of rotatable bonds is 3. The van der Waals surface area contributed by atoms with Crippen LogP contribution in [0.2, 0.25) is 5.02 Å². The van der Waals surface area contributed by atoms with Gasteiger partial charge in [0.2, 0.25) is 5.91 Å². The second-order valence-electron chi connectivity index (χ2n) is 4.59. The van der Waals surface area contributed by atoms with E-state index in [4.69, 9.17) is 16.0 Å². The Balaban J connectivity index is 1.84. The molecule has 0 radical (unpaired) electrons. The number of aromatic nitrogens is 1. The lowest BCUT2D eigenvalue weighted by molar-refractivity contribution is -0.116. The number of benzene rings is 2. The van der Waals surface area contributed by atoms with Crippen LogP contribution in [0, 0.1) is 5.82 Å². The molecule has 112 valence electrons. The fraction of sp³-hybridized carbons (Fsp3) is 0.0667. The third-order valence-corrected chi connectivity index (χ3v) is 3.39. The highest BCUT2D eigenvalue weighted by atomic mass is 35.5. The van der Waals surface area contributed by atoms with E-state index in [1.807, 2.05) is 0 Å².